The molecule has 4 rings (SSSR count). The van der Waals surface area contributed by atoms with Crippen molar-refractivity contribution in [3.63, 3.8) is 0 Å². The standard InChI is InChI=1S/C18H15ClN4/c19-15-7-3-1-5-13(15)18-14-6-2-4-8-16(14)23-12(9-20)10-21-17(23)11-22-18/h1-8,10H,9,11,20H2. The Morgan fingerprint density at radius 2 is 1.78 bits per heavy atom. The molecule has 114 valence electrons. The van der Waals surface area contributed by atoms with Gasteiger partial charge in [-0.2, -0.15) is 0 Å². The van der Waals surface area contributed by atoms with Gasteiger partial charge >= 0.3 is 0 Å². The van der Waals surface area contributed by atoms with Gasteiger partial charge < -0.3 is 5.73 Å². The molecule has 5 heteroatoms. The minimum absolute atomic E-state index is 0.433. The zero-order valence-electron chi connectivity index (χ0n) is 12.4. The van der Waals surface area contributed by atoms with Crippen LogP contribution in [0.5, 0.6) is 0 Å². The van der Waals surface area contributed by atoms with Crippen molar-refractivity contribution < 1.29 is 0 Å². The summed E-state index contributed by atoms with van der Waals surface area (Å²) < 4.78 is 2.10. The van der Waals surface area contributed by atoms with E-state index in [1.165, 1.54) is 0 Å². The van der Waals surface area contributed by atoms with E-state index in [4.69, 9.17) is 22.3 Å². The molecule has 0 saturated carbocycles. The van der Waals surface area contributed by atoms with Gasteiger partial charge in [-0.15, -0.1) is 0 Å². The van der Waals surface area contributed by atoms with Crippen molar-refractivity contribution in [2.24, 2.45) is 10.7 Å². The van der Waals surface area contributed by atoms with Crippen molar-refractivity contribution in [3.8, 4) is 5.69 Å². The average Bonchev–Trinajstić information content (AvgIpc) is 2.92. The highest BCUT2D eigenvalue weighted by Gasteiger charge is 2.21. The number of nitrogens with zero attached hydrogens (tertiary/aromatic N) is 3. The topological polar surface area (TPSA) is 56.2 Å². The SMILES string of the molecule is NCc1cnc2n1-c1ccccc1C(c1ccccc1Cl)=NC2. The molecule has 0 aliphatic carbocycles. The highest BCUT2D eigenvalue weighted by Crippen LogP contribution is 2.28. The maximum Gasteiger partial charge on any atom is 0.135 e. The van der Waals surface area contributed by atoms with E-state index in [9.17, 15) is 0 Å². The van der Waals surface area contributed by atoms with Crippen LogP contribution in [0.15, 0.2) is 59.7 Å². The van der Waals surface area contributed by atoms with E-state index >= 15 is 0 Å². The summed E-state index contributed by atoms with van der Waals surface area (Å²) in [4.78, 5) is 9.27. The van der Waals surface area contributed by atoms with Gasteiger partial charge in [0, 0.05) is 22.7 Å². The zero-order chi connectivity index (χ0) is 15.8. The Labute approximate surface area is 139 Å². The third-order valence-electron chi connectivity index (χ3n) is 4.02. The maximum absolute atomic E-state index is 6.40. The van der Waals surface area contributed by atoms with Gasteiger partial charge in [0.05, 0.1) is 29.8 Å². The molecule has 0 unspecified atom stereocenters. The number of imidazole rings is 1. The zero-order valence-corrected chi connectivity index (χ0v) is 13.2. The average molecular weight is 323 g/mol. The lowest BCUT2D eigenvalue weighted by atomic mass is 10.0. The van der Waals surface area contributed by atoms with Gasteiger partial charge in [-0.3, -0.25) is 9.56 Å². The number of fused-ring (bicyclic) bond motifs is 3. The fourth-order valence-electron chi connectivity index (χ4n) is 2.97. The van der Waals surface area contributed by atoms with Crippen LogP contribution in [0.2, 0.25) is 5.02 Å². The van der Waals surface area contributed by atoms with Crippen LogP contribution in [0.1, 0.15) is 22.6 Å². The molecule has 0 amide bonds. The largest absolute Gasteiger partial charge is 0.325 e. The van der Waals surface area contributed by atoms with E-state index in [0.29, 0.717) is 18.1 Å². The molecule has 3 aromatic rings. The van der Waals surface area contributed by atoms with E-state index in [2.05, 4.69) is 21.7 Å². The van der Waals surface area contributed by atoms with E-state index < -0.39 is 0 Å². The molecule has 1 aromatic heterocycles. The second-order valence-corrected chi connectivity index (χ2v) is 5.77. The van der Waals surface area contributed by atoms with Crippen LogP contribution < -0.4 is 5.73 Å². The minimum atomic E-state index is 0.433. The number of halogens is 1. The molecule has 0 fully saturated rings. The van der Waals surface area contributed by atoms with Gasteiger partial charge in [-0.25, -0.2) is 4.98 Å². The molecule has 0 saturated heterocycles. The third-order valence-corrected chi connectivity index (χ3v) is 4.35. The lowest BCUT2D eigenvalue weighted by Crippen LogP contribution is -2.11. The molecule has 2 heterocycles. The van der Waals surface area contributed by atoms with Crippen LogP contribution in [0, 0.1) is 0 Å². The van der Waals surface area contributed by atoms with Gasteiger partial charge in [0.15, 0.2) is 0 Å². The Hall–Kier alpha value is -2.43. The summed E-state index contributed by atoms with van der Waals surface area (Å²) in [6.45, 7) is 0.929. The quantitative estimate of drug-likeness (QED) is 0.786. The fraction of sp³-hybridized carbons (Fsp3) is 0.111. The summed E-state index contributed by atoms with van der Waals surface area (Å²) >= 11 is 6.40. The van der Waals surface area contributed by atoms with Gasteiger partial charge in [0.1, 0.15) is 5.82 Å². The predicted molar refractivity (Wildman–Crippen MR) is 92.3 cm³/mol. The molecule has 0 spiro atoms. The second kappa shape index (κ2) is 5.65. The summed E-state index contributed by atoms with van der Waals surface area (Å²) in [6, 6.07) is 15.9. The molecule has 1 aliphatic rings. The van der Waals surface area contributed by atoms with E-state index in [1.807, 2.05) is 42.6 Å². The highest BCUT2D eigenvalue weighted by atomic mass is 35.5. The van der Waals surface area contributed by atoms with Crippen molar-refractivity contribution in [2.75, 3.05) is 0 Å². The lowest BCUT2D eigenvalue weighted by Gasteiger charge is -2.14. The number of para-hydroxylation sites is 1. The minimum Gasteiger partial charge on any atom is -0.325 e. The van der Waals surface area contributed by atoms with Crippen molar-refractivity contribution in [1.29, 1.82) is 0 Å². The van der Waals surface area contributed by atoms with Crippen molar-refractivity contribution in [3.05, 3.63) is 82.4 Å². The Balaban J connectivity index is 1.99. The molecule has 2 N–H and O–H groups in total. The number of benzene rings is 2. The summed E-state index contributed by atoms with van der Waals surface area (Å²) in [5.74, 6) is 0.889. The number of hydrogen-bond acceptors (Lipinski definition) is 3. The van der Waals surface area contributed by atoms with Crippen molar-refractivity contribution in [2.45, 2.75) is 13.1 Å². The normalized spacial score (nSPS) is 13.0. The number of rotatable bonds is 2. The molecule has 0 radical (unpaired) electrons. The maximum atomic E-state index is 6.40. The summed E-state index contributed by atoms with van der Waals surface area (Å²) in [5, 5.41) is 0.694. The van der Waals surface area contributed by atoms with Crippen LogP contribution in [0.3, 0.4) is 0 Å². The smallest absolute Gasteiger partial charge is 0.135 e. The highest BCUT2D eigenvalue weighted by molar-refractivity contribution is 6.35. The van der Waals surface area contributed by atoms with Crippen molar-refractivity contribution in [1.82, 2.24) is 9.55 Å². The summed E-state index contributed by atoms with van der Waals surface area (Å²) in [5.41, 5.74) is 10.7. The Bertz CT molecular complexity index is 911. The molecule has 23 heavy (non-hydrogen) atoms. The van der Waals surface area contributed by atoms with Crippen LogP contribution in [0.4, 0.5) is 0 Å². The van der Waals surface area contributed by atoms with E-state index in [1.54, 1.807) is 0 Å². The van der Waals surface area contributed by atoms with Gasteiger partial charge in [0.2, 0.25) is 0 Å². The van der Waals surface area contributed by atoms with Crippen molar-refractivity contribution >= 4 is 17.3 Å². The fourth-order valence-corrected chi connectivity index (χ4v) is 3.19. The first-order valence-corrected chi connectivity index (χ1v) is 7.82. The third kappa shape index (κ3) is 2.27. The monoisotopic (exact) mass is 322 g/mol. The molecule has 0 bridgehead atoms. The Morgan fingerprint density at radius 1 is 1.04 bits per heavy atom. The van der Waals surface area contributed by atoms with Crippen LogP contribution in [-0.2, 0) is 13.1 Å². The first-order chi connectivity index (χ1) is 11.3. The molecular formula is C18H15ClN4. The summed E-state index contributed by atoms with van der Waals surface area (Å²) in [6.07, 6.45) is 1.82. The van der Waals surface area contributed by atoms with E-state index in [-0.39, 0.29) is 0 Å². The van der Waals surface area contributed by atoms with Gasteiger partial charge in [0.25, 0.3) is 0 Å². The molecule has 2 aromatic carbocycles. The van der Waals surface area contributed by atoms with Crippen LogP contribution in [0.25, 0.3) is 5.69 Å². The molecule has 4 nitrogen and oxygen atoms in total. The Morgan fingerprint density at radius 3 is 2.57 bits per heavy atom. The first-order valence-electron chi connectivity index (χ1n) is 7.44. The van der Waals surface area contributed by atoms with E-state index in [0.717, 1.165) is 34.0 Å². The molecular weight excluding hydrogens is 308 g/mol. The van der Waals surface area contributed by atoms with Gasteiger partial charge in [-0.05, 0) is 12.1 Å². The van der Waals surface area contributed by atoms with Crippen LogP contribution in [-0.4, -0.2) is 15.3 Å². The number of hydrogen-bond donors (Lipinski definition) is 1. The first kappa shape index (κ1) is 14.2. The summed E-state index contributed by atoms with van der Waals surface area (Å²) in [7, 11) is 0. The number of aromatic nitrogens is 2. The lowest BCUT2D eigenvalue weighted by molar-refractivity contribution is 0.833. The Kier molecular flexibility index (Phi) is 3.48. The number of nitrogens with two attached hydrogens (primary N) is 1. The number of aliphatic imine (C=N–C) groups is 1. The second-order valence-electron chi connectivity index (χ2n) is 5.37. The predicted octanol–water partition coefficient (Wildman–Crippen LogP) is 3.34. The molecule has 1 aliphatic heterocycles. The molecule has 0 atom stereocenters. The van der Waals surface area contributed by atoms with Crippen LogP contribution >= 0.6 is 11.6 Å². The van der Waals surface area contributed by atoms with Gasteiger partial charge in [-0.1, -0.05) is 48.0 Å².